The second kappa shape index (κ2) is 8.03. The van der Waals surface area contributed by atoms with Crippen LogP contribution in [0.2, 0.25) is 0 Å². The van der Waals surface area contributed by atoms with Gasteiger partial charge >= 0.3 is 12.2 Å². The predicted octanol–water partition coefficient (Wildman–Crippen LogP) is 3.24. The van der Waals surface area contributed by atoms with Crippen LogP contribution in [0.1, 0.15) is 37.7 Å². The number of nitrogens with one attached hydrogen (secondary N) is 2. The lowest BCUT2D eigenvalue weighted by atomic mass is 9.96. The van der Waals surface area contributed by atoms with Gasteiger partial charge in [-0.1, -0.05) is 25.3 Å². The molecule has 3 amide bonds. The van der Waals surface area contributed by atoms with Crippen molar-refractivity contribution in [3.8, 4) is 5.75 Å². The summed E-state index contributed by atoms with van der Waals surface area (Å²) < 4.78 is 42.7. The van der Waals surface area contributed by atoms with Gasteiger partial charge in [0.25, 0.3) is 5.91 Å². The van der Waals surface area contributed by atoms with Gasteiger partial charge in [-0.2, -0.15) is 13.2 Å². The number of urea groups is 1. The second-order valence-electron chi connectivity index (χ2n) is 5.67. The summed E-state index contributed by atoms with van der Waals surface area (Å²) in [7, 11) is 0. The van der Waals surface area contributed by atoms with E-state index in [9.17, 15) is 22.8 Å². The molecule has 0 aliphatic heterocycles. The smallest absolute Gasteiger partial charge is 0.416 e. The van der Waals surface area contributed by atoms with Gasteiger partial charge in [0.2, 0.25) is 0 Å². The molecule has 24 heavy (non-hydrogen) atoms. The number of hydrogen-bond donors (Lipinski definition) is 2. The third-order valence-electron chi connectivity index (χ3n) is 3.72. The summed E-state index contributed by atoms with van der Waals surface area (Å²) >= 11 is 0. The first-order valence-electron chi connectivity index (χ1n) is 7.75. The third kappa shape index (κ3) is 5.75. The molecule has 1 fully saturated rings. The number of ether oxygens (including phenoxy) is 1. The number of carbonyl (C=O) groups is 2. The Morgan fingerprint density at radius 2 is 1.88 bits per heavy atom. The van der Waals surface area contributed by atoms with Gasteiger partial charge in [0.05, 0.1) is 5.56 Å². The molecule has 0 saturated heterocycles. The lowest BCUT2D eigenvalue weighted by Crippen LogP contribution is -2.46. The van der Waals surface area contributed by atoms with Crippen LogP contribution >= 0.6 is 0 Å². The molecule has 1 aromatic carbocycles. The third-order valence-corrected chi connectivity index (χ3v) is 3.72. The highest BCUT2D eigenvalue weighted by atomic mass is 19.4. The van der Waals surface area contributed by atoms with Gasteiger partial charge in [0.15, 0.2) is 6.61 Å². The van der Waals surface area contributed by atoms with E-state index in [2.05, 4.69) is 10.6 Å². The summed E-state index contributed by atoms with van der Waals surface area (Å²) in [6.45, 7) is -0.542. The molecule has 132 valence electrons. The molecule has 0 heterocycles. The van der Waals surface area contributed by atoms with E-state index in [0.717, 1.165) is 44.2 Å². The molecular formula is C16H19F3N2O3. The van der Waals surface area contributed by atoms with Gasteiger partial charge in [0.1, 0.15) is 5.75 Å². The number of benzene rings is 1. The quantitative estimate of drug-likeness (QED) is 0.881. The highest BCUT2D eigenvalue weighted by molar-refractivity contribution is 5.95. The van der Waals surface area contributed by atoms with Gasteiger partial charge in [-0.15, -0.1) is 0 Å². The summed E-state index contributed by atoms with van der Waals surface area (Å²) in [6, 6.07) is 3.65. The maximum Gasteiger partial charge on any atom is 0.416 e. The van der Waals surface area contributed by atoms with Crippen molar-refractivity contribution < 1.29 is 27.5 Å². The summed E-state index contributed by atoms with van der Waals surface area (Å²) in [4.78, 5) is 23.3. The topological polar surface area (TPSA) is 67.4 Å². The van der Waals surface area contributed by atoms with Crippen LogP contribution in [0.3, 0.4) is 0 Å². The Morgan fingerprint density at radius 1 is 1.17 bits per heavy atom. The zero-order chi connectivity index (χ0) is 17.6. The van der Waals surface area contributed by atoms with Crippen molar-refractivity contribution in [2.45, 2.75) is 44.3 Å². The Bertz CT molecular complexity index is 584. The van der Waals surface area contributed by atoms with Crippen molar-refractivity contribution in [3.63, 3.8) is 0 Å². The molecule has 1 aliphatic carbocycles. The number of hydrogen-bond acceptors (Lipinski definition) is 3. The van der Waals surface area contributed by atoms with E-state index >= 15 is 0 Å². The number of rotatable bonds is 4. The number of halogens is 3. The molecule has 1 aliphatic rings. The standard InChI is InChI=1S/C16H19F3N2O3/c17-16(18,19)11-5-4-8-13(9-11)24-10-14(22)21-15(23)20-12-6-2-1-3-7-12/h4-5,8-9,12H,1-3,6-7,10H2,(H2,20,21,22,23). The van der Waals surface area contributed by atoms with E-state index in [0.29, 0.717) is 0 Å². The van der Waals surface area contributed by atoms with Crippen LogP contribution in [0.15, 0.2) is 24.3 Å². The van der Waals surface area contributed by atoms with E-state index in [1.54, 1.807) is 0 Å². The number of alkyl halides is 3. The molecule has 0 atom stereocenters. The fraction of sp³-hybridized carbons (Fsp3) is 0.500. The van der Waals surface area contributed by atoms with Crippen LogP contribution in [0.25, 0.3) is 0 Å². The molecule has 0 radical (unpaired) electrons. The van der Waals surface area contributed by atoms with Crippen molar-refractivity contribution in [1.29, 1.82) is 0 Å². The molecule has 0 spiro atoms. The number of amides is 3. The molecule has 1 saturated carbocycles. The fourth-order valence-electron chi connectivity index (χ4n) is 2.54. The van der Waals surface area contributed by atoms with Crippen LogP contribution in [0.4, 0.5) is 18.0 Å². The first-order valence-corrected chi connectivity index (χ1v) is 7.75. The number of carbonyl (C=O) groups excluding carboxylic acids is 2. The second-order valence-corrected chi connectivity index (χ2v) is 5.67. The Labute approximate surface area is 137 Å². The average molecular weight is 344 g/mol. The minimum Gasteiger partial charge on any atom is -0.484 e. The number of imide groups is 1. The van der Waals surface area contributed by atoms with E-state index in [4.69, 9.17) is 4.74 Å². The average Bonchev–Trinajstić information content (AvgIpc) is 2.53. The van der Waals surface area contributed by atoms with Crippen molar-refractivity contribution in [3.05, 3.63) is 29.8 Å². The Balaban J connectivity index is 1.77. The SMILES string of the molecule is O=C(COc1cccc(C(F)(F)F)c1)NC(=O)NC1CCCCC1. The molecule has 0 bridgehead atoms. The van der Waals surface area contributed by atoms with E-state index in [-0.39, 0.29) is 11.8 Å². The molecule has 0 unspecified atom stereocenters. The van der Waals surface area contributed by atoms with E-state index in [1.807, 2.05) is 0 Å². The molecule has 1 aromatic rings. The van der Waals surface area contributed by atoms with Crippen molar-refractivity contribution in [1.82, 2.24) is 10.6 Å². The zero-order valence-corrected chi connectivity index (χ0v) is 13.0. The molecule has 2 rings (SSSR count). The van der Waals surface area contributed by atoms with E-state index in [1.165, 1.54) is 12.1 Å². The monoisotopic (exact) mass is 344 g/mol. The fourth-order valence-corrected chi connectivity index (χ4v) is 2.54. The van der Waals surface area contributed by atoms with Crippen molar-refractivity contribution in [2.24, 2.45) is 0 Å². The van der Waals surface area contributed by atoms with Crippen molar-refractivity contribution >= 4 is 11.9 Å². The van der Waals surface area contributed by atoms with Crippen LogP contribution in [0.5, 0.6) is 5.75 Å². The predicted molar refractivity (Wildman–Crippen MR) is 80.5 cm³/mol. The summed E-state index contributed by atoms with van der Waals surface area (Å²) in [6.07, 6.45) is 0.491. The minimum atomic E-state index is -4.48. The Morgan fingerprint density at radius 3 is 2.54 bits per heavy atom. The van der Waals surface area contributed by atoms with Crippen LogP contribution in [-0.4, -0.2) is 24.6 Å². The van der Waals surface area contributed by atoms with Crippen LogP contribution in [-0.2, 0) is 11.0 Å². The lowest BCUT2D eigenvalue weighted by molar-refractivity contribution is -0.137. The summed E-state index contributed by atoms with van der Waals surface area (Å²) in [5.74, 6) is -0.812. The lowest BCUT2D eigenvalue weighted by Gasteiger charge is -2.22. The maximum absolute atomic E-state index is 12.6. The Hall–Kier alpha value is -2.25. The molecule has 5 nitrogen and oxygen atoms in total. The highest BCUT2D eigenvalue weighted by Crippen LogP contribution is 2.31. The summed E-state index contributed by atoms with van der Waals surface area (Å²) in [5, 5.41) is 4.81. The van der Waals surface area contributed by atoms with Gasteiger partial charge in [-0.3, -0.25) is 10.1 Å². The Kier molecular flexibility index (Phi) is 6.05. The molecule has 2 N–H and O–H groups in total. The van der Waals surface area contributed by atoms with Gasteiger partial charge in [-0.05, 0) is 31.0 Å². The minimum absolute atomic E-state index is 0.0518. The van der Waals surface area contributed by atoms with Gasteiger partial charge in [0, 0.05) is 6.04 Å². The zero-order valence-electron chi connectivity index (χ0n) is 13.0. The highest BCUT2D eigenvalue weighted by Gasteiger charge is 2.30. The molecule has 8 heteroatoms. The van der Waals surface area contributed by atoms with E-state index < -0.39 is 30.3 Å². The van der Waals surface area contributed by atoms with Gasteiger partial charge in [-0.25, -0.2) is 4.79 Å². The maximum atomic E-state index is 12.6. The molecular weight excluding hydrogens is 325 g/mol. The summed E-state index contributed by atoms with van der Waals surface area (Å²) in [5.41, 5.74) is -0.865. The normalized spacial score (nSPS) is 15.6. The van der Waals surface area contributed by atoms with Gasteiger partial charge < -0.3 is 10.1 Å². The molecule has 0 aromatic heterocycles. The first kappa shape index (κ1) is 18.1. The van der Waals surface area contributed by atoms with Crippen molar-refractivity contribution in [2.75, 3.05) is 6.61 Å². The van der Waals surface area contributed by atoms with Crippen LogP contribution < -0.4 is 15.4 Å². The van der Waals surface area contributed by atoms with Crippen LogP contribution in [0, 0.1) is 0 Å². The first-order chi connectivity index (χ1) is 11.3. The largest absolute Gasteiger partial charge is 0.484 e.